The van der Waals surface area contributed by atoms with Gasteiger partial charge in [0.25, 0.3) is 5.91 Å². The van der Waals surface area contributed by atoms with Crippen LogP contribution in [-0.4, -0.2) is 10.5 Å². The summed E-state index contributed by atoms with van der Waals surface area (Å²) < 4.78 is 2.04. The Morgan fingerprint density at radius 3 is 1.97 bits per heavy atom. The lowest BCUT2D eigenvalue weighted by Gasteiger charge is -2.48. The molecule has 7 rings (SSSR count). The lowest BCUT2D eigenvalue weighted by molar-refractivity contribution is -0.129. The van der Waals surface area contributed by atoms with E-state index in [1.54, 1.807) is 0 Å². The molecule has 0 radical (unpaired) electrons. The Bertz CT molecular complexity index is 1690. The first-order valence-corrected chi connectivity index (χ1v) is 11.6. The van der Waals surface area contributed by atoms with Crippen molar-refractivity contribution in [1.82, 2.24) is 4.57 Å². The van der Waals surface area contributed by atoms with Gasteiger partial charge in [-0.2, -0.15) is 0 Å². The van der Waals surface area contributed by atoms with Gasteiger partial charge in [0.1, 0.15) is 6.04 Å². The van der Waals surface area contributed by atoms with Gasteiger partial charge < -0.3 is 4.57 Å². The average Bonchev–Trinajstić information content (AvgIpc) is 3.41. The van der Waals surface area contributed by atoms with Gasteiger partial charge in [-0.3, -0.25) is 9.69 Å². The highest BCUT2D eigenvalue weighted by atomic mass is 16.2. The molecular weight excluding hydrogens is 416 g/mol. The van der Waals surface area contributed by atoms with Gasteiger partial charge in [0, 0.05) is 17.8 Å². The van der Waals surface area contributed by atoms with Gasteiger partial charge in [-0.15, -0.1) is 0 Å². The van der Waals surface area contributed by atoms with Crippen molar-refractivity contribution in [3.8, 4) is 0 Å². The Kier molecular flexibility index (Phi) is 4.12. The minimum atomic E-state index is -0.251. The standard InChI is InChI=1S/C31H22N2O/c34-31-30(32-18-8-9-19-32)29(22-11-2-1-3-12-22)33(31)28-20-27-23-13-5-4-10-21(23)16-17-25(27)24-14-6-7-15-26(24)28/h1-20,29-30H/t29-,30-/m0/s1. The maximum atomic E-state index is 13.8. The molecule has 1 fully saturated rings. The maximum Gasteiger partial charge on any atom is 0.253 e. The number of aromatic nitrogens is 1. The molecule has 0 unspecified atom stereocenters. The number of carbonyl (C=O) groups is 1. The van der Waals surface area contributed by atoms with Crippen LogP contribution in [0.4, 0.5) is 5.69 Å². The molecule has 0 bridgehead atoms. The first-order chi connectivity index (χ1) is 16.8. The molecule has 34 heavy (non-hydrogen) atoms. The van der Waals surface area contributed by atoms with E-state index in [2.05, 4.69) is 91.0 Å². The highest BCUT2D eigenvalue weighted by Gasteiger charge is 2.50. The molecule has 0 spiro atoms. The second-order valence-corrected chi connectivity index (χ2v) is 8.96. The second kappa shape index (κ2) is 7.32. The molecule has 0 N–H and O–H groups in total. The van der Waals surface area contributed by atoms with Crippen molar-refractivity contribution in [1.29, 1.82) is 0 Å². The third-order valence-corrected chi connectivity index (χ3v) is 7.16. The van der Waals surface area contributed by atoms with Crippen LogP contribution in [0.3, 0.4) is 0 Å². The van der Waals surface area contributed by atoms with Gasteiger partial charge in [0.2, 0.25) is 0 Å². The lowest BCUT2D eigenvalue weighted by atomic mass is 9.86. The van der Waals surface area contributed by atoms with Crippen molar-refractivity contribution in [2.45, 2.75) is 12.1 Å². The Labute approximate surface area is 197 Å². The average molecular weight is 439 g/mol. The highest BCUT2D eigenvalue weighted by Crippen LogP contribution is 2.49. The van der Waals surface area contributed by atoms with E-state index in [0.29, 0.717) is 0 Å². The van der Waals surface area contributed by atoms with Crippen LogP contribution in [-0.2, 0) is 4.79 Å². The summed E-state index contributed by atoms with van der Waals surface area (Å²) in [6, 6.07) is 37.5. The third kappa shape index (κ3) is 2.67. The Balaban J connectivity index is 1.51. The van der Waals surface area contributed by atoms with E-state index in [-0.39, 0.29) is 18.0 Å². The largest absolute Gasteiger partial charge is 0.340 e. The van der Waals surface area contributed by atoms with Gasteiger partial charge >= 0.3 is 0 Å². The van der Waals surface area contributed by atoms with Crippen molar-refractivity contribution in [3.63, 3.8) is 0 Å². The second-order valence-electron chi connectivity index (χ2n) is 8.96. The molecule has 1 aromatic heterocycles. The molecule has 1 amide bonds. The van der Waals surface area contributed by atoms with Gasteiger partial charge in [-0.25, -0.2) is 0 Å². The minimum Gasteiger partial charge on any atom is -0.340 e. The lowest BCUT2D eigenvalue weighted by Crippen LogP contribution is -2.55. The zero-order valence-corrected chi connectivity index (χ0v) is 18.5. The molecule has 5 aromatic carbocycles. The number of nitrogens with zero attached hydrogens (tertiary/aromatic N) is 2. The summed E-state index contributed by atoms with van der Waals surface area (Å²) in [4.78, 5) is 15.8. The normalized spacial score (nSPS) is 18.0. The number of hydrogen-bond donors (Lipinski definition) is 0. The molecule has 2 atom stereocenters. The molecule has 3 heteroatoms. The first-order valence-electron chi connectivity index (χ1n) is 11.6. The van der Waals surface area contributed by atoms with Crippen LogP contribution in [0.15, 0.2) is 122 Å². The predicted octanol–water partition coefficient (Wildman–Crippen LogP) is 7.28. The van der Waals surface area contributed by atoms with Crippen LogP contribution in [0.2, 0.25) is 0 Å². The number of amides is 1. The first kappa shape index (κ1) is 19.1. The number of carbonyl (C=O) groups excluding carboxylic acids is 1. The summed E-state index contributed by atoms with van der Waals surface area (Å²) in [5, 5.41) is 7.07. The summed E-state index contributed by atoms with van der Waals surface area (Å²) in [7, 11) is 0. The number of hydrogen-bond acceptors (Lipinski definition) is 1. The molecule has 1 saturated heterocycles. The van der Waals surface area contributed by atoms with Gasteiger partial charge in [0.05, 0.1) is 11.7 Å². The van der Waals surface area contributed by atoms with E-state index in [9.17, 15) is 4.79 Å². The van der Waals surface area contributed by atoms with Crippen molar-refractivity contribution >= 4 is 43.9 Å². The fourth-order valence-corrected chi connectivity index (χ4v) is 5.59. The molecule has 162 valence electrons. The topological polar surface area (TPSA) is 25.2 Å². The number of benzene rings is 5. The Morgan fingerprint density at radius 1 is 0.529 bits per heavy atom. The molecule has 1 aliphatic heterocycles. The van der Waals surface area contributed by atoms with Crippen LogP contribution < -0.4 is 4.90 Å². The quantitative estimate of drug-likeness (QED) is 0.211. The smallest absolute Gasteiger partial charge is 0.253 e. The van der Waals surface area contributed by atoms with Crippen LogP contribution in [0.1, 0.15) is 17.6 Å². The van der Waals surface area contributed by atoms with Crippen LogP contribution >= 0.6 is 0 Å². The highest BCUT2D eigenvalue weighted by molar-refractivity contribution is 6.23. The van der Waals surface area contributed by atoms with E-state index in [1.165, 1.54) is 26.9 Å². The number of anilines is 1. The zero-order valence-electron chi connectivity index (χ0n) is 18.5. The van der Waals surface area contributed by atoms with E-state index in [1.807, 2.05) is 40.1 Å². The fraction of sp³-hybridized carbons (Fsp3) is 0.0645. The molecule has 0 saturated carbocycles. The summed E-state index contributed by atoms with van der Waals surface area (Å²) in [6.45, 7) is 0. The van der Waals surface area contributed by atoms with Crippen molar-refractivity contribution < 1.29 is 4.79 Å². The summed E-state index contributed by atoms with van der Waals surface area (Å²) in [5.74, 6) is 0.120. The Morgan fingerprint density at radius 2 is 1.18 bits per heavy atom. The van der Waals surface area contributed by atoms with E-state index < -0.39 is 0 Å². The molecule has 3 nitrogen and oxygen atoms in total. The molecule has 2 heterocycles. The molecular formula is C31H22N2O. The number of β-lactam (4-membered cyclic amide) rings is 1. The van der Waals surface area contributed by atoms with Gasteiger partial charge in [-0.05, 0) is 50.7 Å². The van der Waals surface area contributed by atoms with Gasteiger partial charge in [-0.1, -0.05) is 91.0 Å². The summed E-state index contributed by atoms with van der Waals surface area (Å²) in [5.41, 5.74) is 2.12. The Hall–Kier alpha value is -4.37. The predicted molar refractivity (Wildman–Crippen MR) is 139 cm³/mol. The molecule has 1 aliphatic rings. The van der Waals surface area contributed by atoms with Crippen molar-refractivity contribution in [2.24, 2.45) is 0 Å². The monoisotopic (exact) mass is 438 g/mol. The third-order valence-electron chi connectivity index (χ3n) is 7.16. The molecule has 6 aromatic rings. The zero-order chi connectivity index (χ0) is 22.6. The summed E-state index contributed by atoms with van der Waals surface area (Å²) in [6.07, 6.45) is 3.98. The van der Waals surface area contributed by atoms with Gasteiger partial charge in [0.15, 0.2) is 0 Å². The molecule has 0 aliphatic carbocycles. The van der Waals surface area contributed by atoms with Crippen LogP contribution in [0.5, 0.6) is 0 Å². The summed E-state index contributed by atoms with van der Waals surface area (Å²) >= 11 is 0. The van der Waals surface area contributed by atoms with Crippen molar-refractivity contribution in [2.75, 3.05) is 4.90 Å². The van der Waals surface area contributed by atoms with E-state index in [0.717, 1.165) is 16.6 Å². The SMILES string of the molecule is O=C1[C@@H](n2cccc2)[C@H](c2ccccc2)N1c1cc2c3ccccc3ccc2c2ccccc12. The fourth-order valence-electron chi connectivity index (χ4n) is 5.59. The van der Waals surface area contributed by atoms with Crippen LogP contribution in [0, 0.1) is 0 Å². The van der Waals surface area contributed by atoms with E-state index in [4.69, 9.17) is 0 Å². The number of rotatable bonds is 3. The maximum absolute atomic E-state index is 13.8. The number of fused-ring (bicyclic) bond motifs is 5. The van der Waals surface area contributed by atoms with Crippen LogP contribution in [0.25, 0.3) is 32.3 Å². The van der Waals surface area contributed by atoms with E-state index >= 15 is 0 Å². The minimum absolute atomic E-state index is 0.0723. The van der Waals surface area contributed by atoms with Crippen molar-refractivity contribution in [3.05, 3.63) is 127 Å².